The first-order valence-electron chi connectivity index (χ1n) is 10.1. The third-order valence-electron chi connectivity index (χ3n) is 4.67. The van der Waals surface area contributed by atoms with Crippen molar-refractivity contribution in [3.05, 3.63) is 82.7 Å². The third kappa shape index (κ3) is 5.63. The number of benzene rings is 2. The summed E-state index contributed by atoms with van der Waals surface area (Å²) in [5.41, 5.74) is 0.476. The second-order valence-electron chi connectivity index (χ2n) is 8.18. The molecule has 1 aromatic heterocycles. The van der Waals surface area contributed by atoms with Crippen molar-refractivity contribution in [1.29, 1.82) is 0 Å². The lowest BCUT2D eigenvalue weighted by atomic mass is 9.87. The summed E-state index contributed by atoms with van der Waals surface area (Å²) in [5.74, 6) is -0.404. The highest BCUT2D eigenvalue weighted by Crippen LogP contribution is 2.24. The Hall–Kier alpha value is -3.87. The fourth-order valence-electron chi connectivity index (χ4n) is 2.93. The molecule has 0 saturated heterocycles. The van der Waals surface area contributed by atoms with Crippen LogP contribution in [0.25, 0.3) is 11.0 Å². The molecular formula is C25H25NO6. The minimum Gasteiger partial charge on any atom is -0.482 e. The molecule has 0 unspecified atom stereocenters. The largest absolute Gasteiger partial charge is 0.482 e. The van der Waals surface area contributed by atoms with Crippen molar-refractivity contribution in [3.8, 4) is 11.5 Å². The van der Waals surface area contributed by atoms with E-state index in [-0.39, 0.29) is 35.5 Å². The van der Waals surface area contributed by atoms with E-state index < -0.39 is 17.5 Å². The average molecular weight is 435 g/mol. The molecule has 0 aliphatic heterocycles. The highest BCUT2D eigenvalue weighted by Gasteiger charge is 2.15. The van der Waals surface area contributed by atoms with Crippen molar-refractivity contribution < 1.29 is 23.5 Å². The van der Waals surface area contributed by atoms with E-state index in [1.165, 1.54) is 18.2 Å². The van der Waals surface area contributed by atoms with E-state index >= 15 is 0 Å². The smallest absolute Gasteiger partial charge is 0.349 e. The molecule has 0 fully saturated rings. The first-order chi connectivity index (χ1) is 15.2. The Morgan fingerprint density at radius 3 is 2.41 bits per heavy atom. The van der Waals surface area contributed by atoms with E-state index in [0.717, 1.165) is 5.56 Å². The third-order valence-corrected chi connectivity index (χ3v) is 4.67. The monoisotopic (exact) mass is 435 g/mol. The van der Waals surface area contributed by atoms with Gasteiger partial charge >= 0.3 is 11.6 Å². The molecule has 0 saturated carbocycles. The predicted octanol–water partition coefficient (Wildman–Crippen LogP) is 3.99. The lowest BCUT2D eigenvalue weighted by molar-refractivity contribution is -0.136. The lowest BCUT2D eigenvalue weighted by Gasteiger charge is -2.19. The molecule has 0 aliphatic rings. The summed E-state index contributed by atoms with van der Waals surface area (Å²) in [6.45, 7) is 9.81. The van der Waals surface area contributed by atoms with Gasteiger partial charge in [0.15, 0.2) is 6.61 Å². The number of nitrogens with one attached hydrogen (secondary N) is 1. The molecule has 0 aliphatic carbocycles. The van der Waals surface area contributed by atoms with Crippen LogP contribution in [0.1, 0.15) is 36.7 Å². The fourth-order valence-corrected chi connectivity index (χ4v) is 2.93. The van der Waals surface area contributed by atoms with Crippen molar-refractivity contribution in [3.63, 3.8) is 0 Å². The van der Waals surface area contributed by atoms with Gasteiger partial charge in [-0.25, -0.2) is 9.59 Å². The van der Waals surface area contributed by atoms with Crippen LogP contribution in [0.15, 0.2) is 70.4 Å². The van der Waals surface area contributed by atoms with Gasteiger partial charge in [-0.3, -0.25) is 4.79 Å². The number of carbonyl (C=O) groups is 2. The summed E-state index contributed by atoms with van der Waals surface area (Å²) >= 11 is 0. The Morgan fingerprint density at radius 2 is 1.75 bits per heavy atom. The van der Waals surface area contributed by atoms with Crippen LogP contribution in [-0.4, -0.2) is 25.0 Å². The van der Waals surface area contributed by atoms with E-state index in [0.29, 0.717) is 11.1 Å². The Bertz CT molecular complexity index is 1200. The molecule has 0 bridgehead atoms. The number of rotatable bonds is 7. The summed E-state index contributed by atoms with van der Waals surface area (Å²) in [7, 11) is 0. The maximum Gasteiger partial charge on any atom is 0.349 e. The Labute approximate surface area is 185 Å². The maximum atomic E-state index is 12.2. The molecule has 1 amide bonds. The van der Waals surface area contributed by atoms with Gasteiger partial charge in [0.2, 0.25) is 0 Å². The van der Waals surface area contributed by atoms with Crippen LogP contribution in [0.3, 0.4) is 0 Å². The second kappa shape index (κ2) is 9.51. The molecule has 0 spiro atoms. The van der Waals surface area contributed by atoms with Gasteiger partial charge in [-0.15, -0.1) is 6.58 Å². The summed E-state index contributed by atoms with van der Waals surface area (Å²) in [4.78, 5) is 36.3. The number of ether oxygens (including phenoxy) is 2. The van der Waals surface area contributed by atoms with Crippen molar-refractivity contribution in [1.82, 2.24) is 5.32 Å². The van der Waals surface area contributed by atoms with E-state index in [4.69, 9.17) is 13.9 Å². The van der Waals surface area contributed by atoms with Crippen LogP contribution in [0, 0.1) is 0 Å². The minimum absolute atomic E-state index is 0.0265. The lowest BCUT2D eigenvalue weighted by Crippen LogP contribution is -2.28. The number of amides is 1. The van der Waals surface area contributed by atoms with Gasteiger partial charge in [0.1, 0.15) is 22.6 Å². The first kappa shape index (κ1) is 22.8. The van der Waals surface area contributed by atoms with Gasteiger partial charge in [0, 0.05) is 18.0 Å². The van der Waals surface area contributed by atoms with Crippen molar-refractivity contribution >= 4 is 22.8 Å². The Kier molecular flexibility index (Phi) is 6.78. The first-order valence-corrected chi connectivity index (χ1v) is 10.1. The Balaban J connectivity index is 1.65. The normalized spacial score (nSPS) is 11.1. The highest BCUT2D eigenvalue weighted by atomic mass is 16.6. The molecule has 32 heavy (non-hydrogen) atoms. The van der Waals surface area contributed by atoms with Gasteiger partial charge in [-0.05, 0) is 41.3 Å². The zero-order valence-electron chi connectivity index (χ0n) is 18.3. The van der Waals surface area contributed by atoms with Gasteiger partial charge in [-0.2, -0.15) is 0 Å². The van der Waals surface area contributed by atoms with Gasteiger partial charge in [-0.1, -0.05) is 39.0 Å². The molecule has 7 heteroatoms. The van der Waals surface area contributed by atoms with Crippen LogP contribution in [-0.2, 0) is 10.2 Å². The molecule has 3 rings (SSSR count). The maximum absolute atomic E-state index is 12.2. The molecule has 0 radical (unpaired) electrons. The average Bonchev–Trinajstić information content (AvgIpc) is 2.75. The molecule has 1 N–H and O–H groups in total. The molecule has 166 valence electrons. The van der Waals surface area contributed by atoms with Crippen LogP contribution >= 0.6 is 0 Å². The highest BCUT2D eigenvalue weighted by molar-refractivity contribution is 5.96. The number of fused-ring (bicyclic) bond motifs is 1. The molecule has 7 nitrogen and oxygen atoms in total. The zero-order valence-corrected chi connectivity index (χ0v) is 18.3. The molecule has 3 aromatic rings. The number of esters is 1. The van der Waals surface area contributed by atoms with Crippen LogP contribution in [0.5, 0.6) is 11.5 Å². The zero-order chi connectivity index (χ0) is 23.3. The summed E-state index contributed by atoms with van der Waals surface area (Å²) in [6.07, 6.45) is 1.51. The van der Waals surface area contributed by atoms with Crippen molar-refractivity contribution in [2.75, 3.05) is 13.2 Å². The molecular weight excluding hydrogens is 410 g/mol. The minimum atomic E-state index is -0.787. The van der Waals surface area contributed by atoms with Crippen molar-refractivity contribution in [2.24, 2.45) is 0 Å². The van der Waals surface area contributed by atoms with Gasteiger partial charge < -0.3 is 19.2 Å². The number of hydrogen-bond acceptors (Lipinski definition) is 6. The van der Waals surface area contributed by atoms with E-state index in [1.54, 1.807) is 24.3 Å². The van der Waals surface area contributed by atoms with Crippen LogP contribution in [0.2, 0.25) is 0 Å². The molecule has 0 atom stereocenters. The van der Waals surface area contributed by atoms with E-state index in [9.17, 15) is 14.4 Å². The standard InChI is InChI=1S/C25H25NO6/c1-5-12-26-23(28)20-13-16-6-9-19(14-21(16)32-24(20)29)31-22(27)15-30-18-10-7-17(8-11-18)25(2,3)4/h5-11,13-14H,1,12,15H2,2-4H3,(H,26,28). The molecule has 2 aromatic carbocycles. The van der Waals surface area contributed by atoms with Gasteiger partial charge in [0.25, 0.3) is 5.91 Å². The number of hydrogen-bond donors (Lipinski definition) is 1. The van der Waals surface area contributed by atoms with E-state index in [1.807, 2.05) is 12.1 Å². The summed E-state index contributed by atoms with van der Waals surface area (Å²) < 4.78 is 16.0. The second-order valence-corrected chi connectivity index (χ2v) is 8.18. The van der Waals surface area contributed by atoms with E-state index in [2.05, 4.69) is 32.7 Å². The Morgan fingerprint density at radius 1 is 1.06 bits per heavy atom. The number of carbonyl (C=O) groups excluding carboxylic acids is 2. The predicted molar refractivity (Wildman–Crippen MR) is 121 cm³/mol. The quantitative estimate of drug-likeness (QED) is 0.261. The fraction of sp³-hybridized carbons (Fsp3) is 0.240. The summed E-state index contributed by atoms with van der Waals surface area (Å²) in [6, 6.07) is 13.5. The summed E-state index contributed by atoms with van der Waals surface area (Å²) in [5, 5.41) is 3.05. The van der Waals surface area contributed by atoms with Crippen LogP contribution < -0.4 is 20.4 Å². The topological polar surface area (TPSA) is 94.8 Å². The molecule has 1 heterocycles. The van der Waals surface area contributed by atoms with Gasteiger partial charge in [0.05, 0.1) is 0 Å². The SMILES string of the molecule is C=CCNC(=O)c1cc2ccc(OC(=O)COc3ccc(C(C)(C)C)cc3)cc2oc1=O. The van der Waals surface area contributed by atoms with Crippen molar-refractivity contribution in [2.45, 2.75) is 26.2 Å². The van der Waals surface area contributed by atoms with Crippen LogP contribution in [0.4, 0.5) is 0 Å².